The lowest BCUT2D eigenvalue weighted by molar-refractivity contribution is -0.114. The van der Waals surface area contributed by atoms with Crippen molar-refractivity contribution in [3.63, 3.8) is 0 Å². The second kappa shape index (κ2) is 10.7. The van der Waals surface area contributed by atoms with Crippen LogP contribution in [0.4, 0.5) is 11.4 Å². The number of unbranched alkanes of at least 4 members (excludes halogenated alkanes) is 3. The average molecular weight is 375 g/mol. The zero-order valence-electron chi connectivity index (χ0n) is 15.5. The molecule has 0 fully saturated rings. The standard InChI is InChI=1S/C21H27ClN2O2/c1-3-4-5-6-13-26-19-11-9-18(10-12-19)23-15-21(25)24-20-14-17(22)8-7-16(20)2/h7-12,14,23H,3-6,13,15H2,1-2H3,(H,24,25). The van der Waals surface area contributed by atoms with Gasteiger partial charge in [0.05, 0.1) is 13.2 Å². The molecule has 2 N–H and O–H groups in total. The molecule has 2 rings (SSSR count). The van der Waals surface area contributed by atoms with E-state index in [2.05, 4.69) is 17.6 Å². The van der Waals surface area contributed by atoms with Crippen molar-refractivity contribution in [3.05, 3.63) is 53.1 Å². The van der Waals surface area contributed by atoms with Crippen LogP contribution in [-0.2, 0) is 4.79 Å². The summed E-state index contributed by atoms with van der Waals surface area (Å²) in [5.74, 6) is 0.734. The van der Waals surface area contributed by atoms with Crippen LogP contribution in [0.3, 0.4) is 0 Å². The third kappa shape index (κ3) is 6.96. The lowest BCUT2D eigenvalue weighted by Gasteiger charge is -2.11. The van der Waals surface area contributed by atoms with Crippen molar-refractivity contribution in [2.75, 3.05) is 23.8 Å². The van der Waals surface area contributed by atoms with E-state index >= 15 is 0 Å². The van der Waals surface area contributed by atoms with Gasteiger partial charge >= 0.3 is 0 Å². The monoisotopic (exact) mass is 374 g/mol. The van der Waals surface area contributed by atoms with Crippen molar-refractivity contribution in [3.8, 4) is 5.75 Å². The molecular formula is C21H27ClN2O2. The van der Waals surface area contributed by atoms with Crippen molar-refractivity contribution in [2.24, 2.45) is 0 Å². The Morgan fingerprint density at radius 1 is 1.08 bits per heavy atom. The number of aryl methyl sites for hydroxylation is 1. The van der Waals surface area contributed by atoms with Crippen molar-refractivity contribution in [1.29, 1.82) is 0 Å². The quantitative estimate of drug-likeness (QED) is 0.527. The van der Waals surface area contributed by atoms with Crippen molar-refractivity contribution in [1.82, 2.24) is 0 Å². The fourth-order valence-electron chi connectivity index (χ4n) is 2.49. The summed E-state index contributed by atoms with van der Waals surface area (Å²) in [6, 6.07) is 13.1. The molecule has 5 heteroatoms. The van der Waals surface area contributed by atoms with Gasteiger partial charge in [-0.05, 0) is 55.3 Å². The Kier molecular flexibility index (Phi) is 8.29. The first-order valence-corrected chi connectivity index (χ1v) is 9.49. The Balaban J connectivity index is 1.75. The van der Waals surface area contributed by atoms with Gasteiger partial charge in [0.25, 0.3) is 0 Å². The van der Waals surface area contributed by atoms with Gasteiger partial charge in [-0.15, -0.1) is 0 Å². The zero-order chi connectivity index (χ0) is 18.8. The Morgan fingerprint density at radius 3 is 2.58 bits per heavy atom. The summed E-state index contributed by atoms with van der Waals surface area (Å²) in [5, 5.41) is 6.58. The van der Waals surface area contributed by atoms with Crippen molar-refractivity contribution >= 4 is 28.9 Å². The van der Waals surface area contributed by atoms with Crippen LogP contribution in [-0.4, -0.2) is 19.1 Å². The van der Waals surface area contributed by atoms with Gasteiger partial charge in [-0.25, -0.2) is 0 Å². The van der Waals surface area contributed by atoms with Gasteiger partial charge in [-0.1, -0.05) is 43.9 Å². The molecule has 0 aliphatic heterocycles. The summed E-state index contributed by atoms with van der Waals surface area (Å²) in [6.45, 7) is 5.06. The molecule has 0 radical (unpaired) electrons. The smallest absolute Gasteiger partial charge is 0.243 e. The maximum atomic E-state index is 12.1. The molecule has 1 amide bonds. The minimum Gasteiger partial charge on any atom is -0.494 e. The van der Waals surface area contributed by atoms with E-state index in [0.29, 0.717) is 5.02 Å². The van der Waals surface area contributed by atoms with Crippen LogP contribution in [0.2, 0.25) is 5.02 Å². The minimum atomic E-state index is -0.119. The summed E-state index contributed by atoms with van der Waals surface area (Å²) >= 11 is 5.97. The Labute approximate surface area is 160 Å². The van der Waals surface area contributed by atoms with Gasteiger partial charge < -0.3 is 15.4 Å². The lowest BCUT2D eigenvalue weighted by atomic mass is 10.2. The largest absolute Gasteiger partial charge is 0.494 e. The molecule has 0 bridgehead atoms. The van der Waals surface area contributed by atoms with Crippen LogP contribution in [0.25, 0.3) is 0 Å². The molecule has 2 aromatic rings. The van der Waals surface area contributed by atoms with Crippen molar-refractivity contribution in [2.45, 2.75) is 39.5 Å². The highest BCUT2D eigenvalue weighted by molar-refractivity contribution is 6.31. The predicted molar refractivity (Wildman–Crippen MR) is 109 cm³/mol. The molecule has 0 aliphatic carbocycles. The maximum Gasteiger partial charge on any atom is 0.243 e. The topological polar surface area (TPSA) is 50.4 Å². The van der Waals surface area contributed by atoms with Crippen LogP contribution in [0.5, 0.6) is 5.75 Å². The van der Waals surface area contributed by atoms with E-state index in [-0.39, 0.29) is 12.5 Å². The lowest BCUT2D eigenvalue weighted by Crippen LogP contribution is -2.22. The van der Waals surface area contributed by atoms with E-state index in [1.807, 2.05) is 37.3 Å². The summed E-state index contributed by atoms with van der Waals surface area (Å²) in [7, 11) is 0. The van der Waals surface area contributed by atoms with Gasteiger partial charge in [0.15, 0.2) is 0 Å². The zero-order valence-corrected chi connectivity index (χ0v) is 16.2. The number of hydrogen-bond acceptors (Lipinski definition) is 3. The molecule has 2 aromatic carbocycles. The fraction of sp³-hybridized carbons (Fsp3) is 0.381. The fourth-order valence-corrected chi connectivity index (χ4v) is 2.67. The molecule has 140 valence electrons. The second-order valence-corrected chi connectivity index (χ2v) is 6.73. The van der Waals surface area contributed by atoms with E-state index in [1.165, 1.54) is 19.3 Å². The molecule has 0 atom stereocenters. The summed E-state index contributed by atoms with van der Waals surface area (Å²) < 4.78 is 5.72. The number of rotatable bonds is 10. The molecule has 0 saturated carbocycles. The molecule has 0 aromatic heterocycles. The van der Waals surface area contributed by atoms with Gasteiger partial charge in [0, 0.05) is 16.4 Å². The number of anilines is 2. The average Bonchev–Trinajstić information content (AvgIpc) is 2.64. The number of hydrogen-bond donors (Lipinski definition) is 2. The number of ether oxygens (including phenoxy) is 1. The van der Waals surface area contributed by atoms with Crippen molar-refractivity contribution < 1.29 is 9.53 Å². The first-order chi connectivity index (χ1) is 12.6. The van der Waals surface area contributed by atoms with E-state index in [4.69, 9.17) is 16.3 Å². The summed E-state index contributed by atoms with van der Waals surface area (Å²) in [6.07, 6.45) is 4.77. The SMILES string of the molecule is CCCCCCOc1ccc(NCC(=O)Nc2cc(Cl)ccc2C)cc1. The van der Waals surface area contributed by atoms with Crippen LogP contribution < -0.4 is 15.4 Å². The highest BCUT2D eigenvalue weighted by atomic mass is 35.5. The Hall–Kier alpha value is -2.20. The molecule has 26 heavy (non-hydrogen) atoms. The van der Waals surface area contributed by atoms with Gasteiger partial charge in [-0.2, -0.15) is 0 Å². The third-order valence-electron chi connectivity index (χ3n) is 4.05. The number of nitrogens with one attached hydrogen (secondary N) is 2. The number of carbonyl (C=O) groups is 1. The molecule has 0 unspecified atom stereocenters. The van der Waals surface area contributed by atoms with Crippen LogP contribution in [0, 0.1) is 6.92 Å². The first kappa shape index (κ1) is 20.1. The summed E-state index contributed by atoms with van der Waals surface area (Å²) in [5.41, 5.74) is 2.58. The normalized spacial score (nSPS) is 10.4. The molecule has 0 spiro atoms. The highest BCUT2D eigenvalue weighted by Gasteiger charge is 2.05. The maximum absolute atomic E-state index is 12.1. The van der Waals surface area contributed by atoms with Crippen LogP contribution in [0.1, 0.15) is 38.2 Å². The summed E-state index contributed by atoms with van der Waals surface area (Å²) in [4.78, 5) is 12.1. The molecule has 0 saturated heterocycles. The highest BCUT2D eigenvalue weighted by Crippen LogP contribution is 2.20. The van der Waals surface area contributed by atoms with E-state index in [1.54, 1.807) is 12.1 Å². The molecular weight excluding hydrogens is 348 g/mol. The second-order valence-electron chi connectivity index (χ2n) is 6.29. The Bertz CT molecular complexity index is 702. The first-order valence-electron chi connectivity index (χ1n) is 9.11. The number of carbonyl (C=O) groups excluding carboxylic acids is 1. The van der Waals surface area contributed by atoms with Gasteiger partial charge in [0.1, 0.15) is 5.75 Å². The molecule has 0 heterocycles. The molecule has 4 nitrogen and oxygen atoms in total. The predicted octanol–water partition coefficient (Wildman–Crippen LogP) is 5.66. The minimum absolute atomic E-state index is 0.119. The van der Waals surface area contributed by atoms with Gasteiger partial charge in [0.2, 0.25) is 5.91 Å². The third-order valence-corrected chi connectivity index (χ3v) is 4.28. The Morgan fingerprint density at radius 2 is 1.85 bits per heavy atom. The number of halogens is 1. The number of benzene rings is 2. The number of amides is 1. The van der Waals surface area contributed by atoms with Gasteiger partial charge in [-0.3, -0.25) is 4.79 Å². The van der Waals surface area contributed by atoms with E-state index < -0.39 is 0 Å². The molecule has 0 aliphatic rings. The van der Waals surface area contributed by atoms with E-state index in [0.717, 1.165) is 35.7 Å². The van der Waals surface area contributed by atoms with Crippen LogP contribution >= 0.6 is 11.6 Å². The van der Waals surface area contributed by atoms with Crippen LogP contribution in [0.15, 0.2) is 42.5 Å². The van der Waals surface area contributed by atoms with E-state index in [9.17, 15) is 4.79 Å².